The first-order valence-corrected chi connectivity index (χ1v) is 17.3. The Balaban J connectivity index is 1.33. The molecule has 0 spiro atoms. The van der Waals surface area contributed by atoms with Gasteiger partial charge in [0.15, 0.2) is 17.6 Å². The van der Waals surface area contributed by atoms with E-state index in [9.17, 15) is 9.59 Å². The van der Waals surface area contributed by atoms with Crippen molar-refractivity contribution in [2.24, 2.45) is 23.7 Å². The van der Waals surface area contributed by atoms with Crippen LogP contribution in [0.4, 0.5) is 5.82 Å². The highest BCUT2D eigenvalue weighted by Crippen LogP contribution is 2.41. The third kappa shape index (κ3) is 7.57. The zero-order chi connectivity index (χ0) is 32.0. The predicted octanol–water partition coefficient (Wildman–Crippen LogP) is 6.45. The smallest absolute Gasteiger partial charge is 0.309 e. The minimum absolute atomic E-state index is 0.0319. The number of terminal acetylenes is 1. The molecular weight excluding hydrogens is 594 g/mol. The molecule has 3 fully saturated rings. The van der Waals surface area contributed by atoms with E-state index in [0.29, 0.717) is 23.0 Å². The van der Waals surface area contributed by atoms with E-state index in [-0.39, 0.29) is 48.1 Å². The van der Waals surface area contributed by atoms with Crippen molar-refractivity contribution < 1.29 is 23.8 Å². The molecule has 0 aromatic carbocycles. The van der Waals surface area contributed by atoms with Gasteiger partial charge in [-0.05, 0) is 74.8 Å². The van der Waals surface area contributed by atoms with E-state index in [1.165, 1.54) is 38.5 Å². The first-order valence-electron chi connectivity index (χ1n) is 16.9. The number of hydrogen-bond acceptors (Lipinski definition) is 9. The Kier molecular flexibility index (Phi) is 11.2. The molecule has 45 heavy (non-hydrogen) atoms. The minimum Gasteiger partial charge on any atom is -0.461 e. The number of anilines is 1. The number of unbranched alkanes of at least 4 members (excludes halogenated alkanes) is 2. The molecule has 0 amide bonds. The van der Waals surface area contributed by atoms with E-state index in [1.54, 1.807) is 10.9 Å². The van der Waals surface area contributed by atoms with Gasteiger partial charge in [0.2, 0.25) is 10.9 Å². The summed E-state index contributed by atoms with van der Waals surface area (Å²) in [5, 5.41) is -0.0319. The van der Waals surface area contributed by atoms with Crippen LogP contribution >= 0.6 is 11.6 Å². The summed E-state index contributed by atoms with van der Waals surface area (Å²) < 4.78 is 20.2. The summed E-state index contributed by atoms with van der Waals surface area (Å²) in [7, 11) is 0. The van der Waals surface area contributed by atoms with Crippen molar-refractivity contribution in [1.82, 2.24) is 19.5 Å². The van der Waals surface area contributed by atoms with Gasteiger partial charge in [0.05, 0.1) is 24.8 Å². The van der Waals surface area contributed by atoms with E-state index in [1.807, 2.05) is 0 Å². The molecule has 11 heteroatoms. The van der Waals surface area contributed by atoms with Crippen molar-refractivity contribution in [2.75, 3.05) is 18.9 Å². The maximum Gasteiger partial charge on any atom is 0.309 e. The van der Waals surface area contributed by atoms with Crippen LogP contribution in [0.25, 0.3) is 11.2 Å². The summed E-state index contributed by atoms with van der Waals surface area (Å²) in [6, 6.07) is -0.603. The summed E-state index contributed by atoms with van der Waals surface area (Å²) in [5.41, 5.74) is 5.34. The number of carbonyl (C=O) groups excluding carboxylic acids is 2. The molecule has 1 aliphatic heterocycles. The Labute approximate surface area is 271 Å². The Hall–Kier alpha value is -2.90. The lowest BCUT2D eigenvalue weighted by Gasteiger charge is -2.34. The number of hydrogen-bond donors (Lipinski definition) is 1. The molecule has 246 valence electrons. The quantitative estimate of drug-likeness (QED) is 0.158. The van der Waals surface area contributed by atoms with Gasteiger partial charge in [0.25, 0.3) is 0 Å². The van der Waals surface area contributed by atoms with Crippen LogP contribution in [0.1, 0.15) is 110 Å². The molecule has 1 saturated heterocycles. The highest BCUT2D eigenvalue weighted by atomic mass is 35.5. The summed E-state index contributed by atoms with van der Waals surface area (Å²) in [5.74, 6) is 3.20. The van der Waals surface area contributed by atoms with Crippen molar-refractivity contribution in [3.05, 3.63) is 11.6 Å². The molecule has 2 saturated carbocycles. The maximum atomic E-state index is 13.7. The van der Waals surface area contributed by atoms with Crippen molar-refractivity contribution in [3.8, 4) is 12.3 Å². The normalized spacial score (nSPS) is 30.2. The first-order chi connectivity index (χ1) is 21.8. The fraction of sp³-hybridized carbons (Fsp3) is 0.735. The van der Waals surface area contributed by atoms with Gasteiger partial charge < -0.3 is 24.5 Å². The monoisotopic (exact) mass is 641 g/mol. The van der Waals surface area contributed by atoms with E-state index in [4.69, 9.17) is 38.0 Å². The molecule has 1 unspecified atom stereocenters. The van der Waals surface area contributed by atoms with Crippen LogP contribution in [0, 0.1) is 36.0 Å². The highest BCUT2D eigenvalue weighted by Gasteiger charge is 2.55. The Morgan fingerprint density at radius 2 is 1.62 bits per heavy atom. The largest absolute Gasteiger partial charge is 0.461 e. The summed E-state index contributed by atoms with van der Waals surface area (Å²) >= 11 is 6.15. The molecule has 0 bridgehead atoms. The van der Waals surface area contributed by atoms with Gasteiger partial charge in [-0.15, -0.1) is 6.42 Å². The molecule has 3 aliphatic rings. The standard InChI is InChI=1S/C34H48ClN5O5/c1-4-7-9-22-11-15-24(16-12-22)31(41)43-20-34(6-3)28(45-32(42)25-17-13-23(14-18-25)10-8-5-2)26(19-44-34)40-21-37-27-29(36)38-33(35)39-30(27)40/h3,21-26,28H,4-5,7-20H2,1-2H3,(H2,36,38,39)/t22?,23?,24?,25?,26?,28-,34+/m0/s1. The lowest BCUT2D eigenvalue weighted by atomic mass is 9.80. The number of aromatic nitrogens is 4. The molecule has 2 aromatic heterocycles. The lowest BCUT2D eigenvalue weighted by molar-refractivity contribution is -0.170. The SMILES string of the molecule is C#C[C@]1(COC(=O)C2CCC(CCCC)CC2)OCC(n2cnc3c(N)nc(Cl)nc32)[C@@H]1OC(=O)C1CCC(CCCC)CC1. The van der Waals surface area contributed by atoms with Crippen molar-refractivity contribution in [3.63, 3.8) is 0 Å². The van der Waals surface area contributed by atoms with Gasteiger partial charge in [-0.3, -0.25) is 9.59 Å². The maximum absolute atomic E-state index is 13.7. The highest BCUT2D eigenvalue weighted by molar-refractivity contribution is 6.28. The number of imidazole rings is 1. The van der Waals surface area contributed by atoms with Gasteiger partial charge in [-0.25, -0.2) is 4.98 Å². The zero-order valence-electron chi connectivity index (χ0n) is 26.7. The van der Waals surface area contributed by atoms with Gasteiger partial charge in [-0.1, -0.05) is 58.3 Å². The number of nitrogen functional groups attached to an aromatic ring is 1. The summed E-state index contributed by atoms with van der Waals surface area (Å²) in [6.45, 7) is 4.27. The number of rotatable bonds is 12. The van der Waals surface area contributed by atoms with Crippen LogP contribution in [0.5, 0.6) is 0 Å². The van der Waals surface area contributed by atoms with Crippen LogP contribution in [-0.4, -0.2) is 56.4 Å². The Bertz CT molecular complexity index is 1360. The molecule has 2 aliphatic carbocycles. The fourth-order valence-electron chi connectivity index (χ4n) is 7.43. The first kappa shape index (κ1) is 33.5. The zero-order valence-corrected chi connectivity index (χ0v) is 27.5. The van der Waals surface area contributed by atoms with Crippen LogP contribution in [0.2, 0.25) is 5.28 Å². The average molecular weight is 642 g/mol. The number of carbonyl (C=O) groups is 2. The molecule has 2 N–H and O–H groups in total. The van der Waals surface area contributed by atoms with E-state index < -0.39 is 17.7 Å². The second-order valence-electron chi connectivity index (χ2n) is 13.3. The van der Waals surface area contributed by atoms with Crippen molar-refractivity contribution in [1.29, 1.82) is 0 Å². The molecule has 0 radical (unpaired) electrons. The second kappa shape index (κ2) is 15.1. The molecule has 5 rings (SSSR count). The van der Waals surface area contributed by atoms with Crippen LogP contribution in [0.15, 0.2) is 6.33 Å². The number of nitrogens with zero attached hydrogens (tertiary/aromatic N) is 4. The van der Waals surface area contributed by atoms with Crippen molar-refractivity contribution >= 4 is 40.5 Å². The number of fused-ring (bicyclic) bond motifs is 1. The predicted molar refractivity (Wildman–Crippen MR) is 172 cm³/mol. The number of halogens is 1. The average Bonchev–Trinajstić information content (AvgIpc) is 3.63. The topological polar surface area (TPSA) is 131 Å². The summed E-state index contributed by atoms with van der Waals surface area (Å²) in [4.78, 5) is 39.7. The third-order valence-corrected chi connectivity index (χ3v) is 10.5. The Morgan fingerprint density at radius 3 is 2.20 bits per heavy atom. The van der Waals surface area contributed by atoms with Gasteiger partial charge >= 0.3 is 11.9 Å². The molecule has 10 nitrogen and oxygen atoms in total. The van der Waals surface area contributed by atoms with E-state index >= 15 is 0 Å². The van der Waals surface area contributed by atoms with E-state index in [0.717, 1.165) is 51.4 Å². The summed E-state index contributed by atoms with van der Waals surface area (Å²) in [6.07, 6.45) is 21.2. The molecule has 3 atom stereocenters. The van der Waals surface area contributed by atoms with Gasteiger partial charge in [0.1, 0.15) is 18.2 Å². The lowest BCUT2D eigenvalue weighted by Crippen LogP contribution is -2.49. The number of esters is 2. The van der Waals surface area contributed by atoms with Crippen LogP contribution < -0.4 is 5.73 Å². The third-order valence-electron chi connectivity index (χ3n) is 10.3. The fourth-order valence-corrected chi connectivity index (χ4v) is 7.60. The Morgan fingerprint density at radius 1 is 1.02 bits per heavy atom. The van der Waals surface area contributed by atoms with Crippen LogP contribution in [-0.2, 0) is 23.8 Å². The van der Waals surface area contributed by atoms with E-state index in [2.05, 4.69) is 34.7 Å². The minimum atomic E-state index is -1.48. The number of nitrogens with two attached hydrogens (primary N) is 1. The van der Waals surface area contributed by atoms with Gasteiger partial charge in [0, 0.05) is 0 Å². The molecule has 3 heterocycles. The molecular formula is C34H48ClN5O5. The number of ether oxygens (including phenoxy) is 3. The van der Waals surface area contributed by atoms with Crippen molar-refractivity contribution in [2.45, 2.75) is 121 Å². The second-order valence-corrected chi connectivity index (χ2v) is 13.6. The molecule has 2 aromatic rings. The van der Waals surface area contributed by atoms with Gasteiger partial charge in [-0.2, -0.15) is 9.97 Å². The van der Waals surface area contributed by atoms with Crippen LogP contribution in [0.3, 0.4) is 0 Å².